The molecule has 0 saturated heterocycles. The minimum atomic E-state index is -3.99. The van der Waals surface area contributed by atoms with Gasteiger partial charge in [-0.25, -0.2) is 27.5 Å². The van der Waals surface area contributed by atoms with Gasteiger partial charge < -0.3 is 0 Å². The molecule has 3 atom stereocenters. The fraction of sp³-hybridized carbons (Fsp3) is 0.464. The summed E-state index contributed by atoms with van der Waals surface area (Å²) in [6, 6.07) is 7.83. The Labute approximate surface area is 214 Å². The number of nitriles is 1. The molecule has 1 aromatic heterocycles. The molecule has 1 aliphatic rings. The molecular formula is C28H35FN4O2S. The number of nitrogens with zero attached hydrogens (tertiary/aromatic N) is 3. The molecule has 0 saturated carbocycles. The molecule has 0 aliphatic heterocycles. The van der Waals surface area contributed by atoms with Crippen LogP contribution in [0.25, 0.3) is 11.1 Å². The van der Waals surface area contributed by atoms with Crippen LogP contribution in [-0.2, 0) is 10.0 Å². The number of benzene rings is 1. The summed E-state index contributed by atoms with van der Waals surface area (Å²) in [5, 5.41) is 9.68. The highest BCUT2D eigenvalue weighted by molar-refractivity contribution is 7.89. The van der Waals surface area contributed by atoms with Crippen molar-refractivity contribution in [3.63, 3.8) is 0 Å². The van der Waals surface area contributed by atoms with Crippen molar-refractivity contribution >= 4 is 21.2 Å². The van der Waals surface area contributed by atoms with E-state index in [-0.39, 0.29) is 17.2 Å². The van der Waals surface area contributed by atoms with Crippen molar-refractivity contribution in [2.24, 2.45) is 11.8 Å². The maximum atomic E-state index is 13.3. The van der Waals surface area contributed by atoms with E-state index in [0.717, 1.165) is 22.3 Å². The molecule has 0 amide bonds. The Bertz CT molecular complexity index is 1260. The maximum Gasteiger partial charge on any atom is 0.243 e. The summed E-state index contributed by atoms with van der Waals surface area (Å²) in [6.07, 6.45) is 5.85. The third-order valence-corrected chi connectivity index (χ3v) is 8.49. The van der Waals surface area contributed by atoms with Gasteiger partial charge in [0.2, 0.25) is 10.0 Å². The standard InChI is InChI=1S/C28H35FN4O2S/c1-6-7-8-21(15-29)33-36(34,35)22-16-31-28(32-17-22)27-14-25(18(2)3)20(5)23-10-9-19(4)13-26(23)24(27)11-12-30/h6,9-10,13,16-18,20-21,25,33H,1,7-8,11,14-15H2,2-5H3. The second kappa shape index (κ2) is 11.9. The summed E-state index contributed by atoms with van der Waals surface area (Å²) in [5.41, 5.74) is 5.11. The SMILES string of the molecule is C=CCCC(CF)NS(=O)(=O)c1cnc(C2=C(CC#N)c3cc(C)ccc3C(C)C(C(C)C)C2)nc1. The normalized spacial score (nSPS) is 18.9. The Morgan fingerprint density at radius 1 is 1.31 bits per heavy atom. The van der Waals surface area contributed by atoms with E-state index < -0.39 is 22.7 Å². The maximum absolute atomic E-state index is 13.3. The number of fused-ring (bicyclic) bond motifs is 1. The molecule has 3 rings (SSSR count). The fourth-order valence-corrected chi connectivity index (χ4v) is 6.10. The minimum Gasteiger partial charge on any atom is -0.249 e. The van der Waals surface area contributed by atoms with E-state index in [4.69, 9.17) is 0 Å². The molecule has 3 unspecified atom stereocenters. The summed E-state index contributed by atoms with van der Waals surface area (Å²) < 4.78 is 41.4. The summed E-state index contributed by atoms with van der Waals surface area (Å²) in [6.45, 7) is 11.4. The van der Waals surface area contributed by atoms with Gasteiger partial charge in [-0.05, 0) is 60.6 Å². The molecule has 0 bridgehead atoms. The van der Waals surface area contributed by atoms with Crippen molar-refractivity contribution < 1.29 is 12.8 Å². The number of allylic oxidation sites excluding steroid dienone is 3. The van der Waals surface area contributed by atoms with Crippen molar-refractivity contribution in [2.45, 2.75) is 70.2 Å². The molecular weight excluding hydrogens is 475 g/mol. The van der Waals surface area contributed by atoms with Crippen LogP contribution < -0.4 is 4.72 Å². The van der Waals surface area contributed by atoms with Crippen molar-refractivity contribution in [1.29, 1.82) is 5.26 Å². The Balaban J connectivity index is 2.07. The lowest BCUT2D eigenvalue weighted by Crippen LogP contribution is -2.36. The predicted molar refractivity (Wildman–Crippen MR) is 141 cm³/mol. The lowest BCUT2D eigenvalue weighted by molar-refractivity contribution is 0.340. The van der Waals surface area contributed by atoms with Crippen LogP contribution in [0.15, 0.2) is 48.1 Å². The van der Waals surface area contributed by atoms with Crippen LogP contribution in [0.1, 0.15) is 74.9 Å². The Hall–Kier alpha value is -2.89. The first kappa shape index (κ1) is 27.7. The number of alkyl halides is 1. The van der Waals surface area contributed by atoms with Crippen LogP contribution in [0, 0.1) is 30.1 Å². The number of hydrogen-bond acceptors (Lipinski definition) is 5. The summed E-state index contributed by atoms with van der Waals surface area (Å²) in [5.74, 6) is 1.35. The van der Waals surface area contributed by atoms with Gasteiger partial charge in [-0.2, -0.15) is 5.26 Å². The third-order valence-electron chi connectivity index (χ3n) is 7.02. The second-order valence-corrected chi connectivity index (χ2v) is 11.6. The molecule has 1 N–H and O–H groups in total. The monoisotopic (exact) mass is 510 g/mol. The fourth-order valence-electron chi connectivity index (χ4n) is 4.96. The smallest absolute Gasteiger partial charge is 0.243 e. The molecule has 6 nitrogen and oxygen atoms in total. The molecule has 0 fully saturated rings. The number of rotatable bonds is 10. The van der Waals surface area contributed by atoms with Gasteiger partial charge >= 0.3 is 0 Å². The number of halogens is 1. The van der Waals surface area contributed by atoms with Gasteiger partial charge in [0.25, 0.3) is 0 Å². The van der Waals surface area contributed by atoms with Gasteiger partial charge in [-0.3, -0.25) is 0 Å². The Morgan fingerprint density at radius 2 is 2.00 bits per heavy atom. The van der Waals surface area contributed by atoms with Crippen molar-refractivity contribution in [2.75, 3.05) is 6.67 Å². The highest BCUT2D eigenvalue weighted by atomic mass is 32.2. The zero-order chi connectivity index (χ0) is 26.5. The topological polar surface area (TPSA) is 95.7 Å². The number of nitrogens with one attached hydrogen (secondary N) is 1. The number of hydrogen-bond donors (Lipinski definition) is 1. The van der Waals surface area contributed by atoms with Crippen LogP contribution in [0.2, 0.25) is 0 Å². The molecule has 1 heterocycles. The van der Waals surface area contributed by atoms with E-state index in [9.17, 15) is 18.1 Å². The molecule has 0 radical (unpaired) electrons. The molecule has 192 valence electrons. The van der Waals surface area contributed by atoms with Crippen LogP contribution >= 0.6 is 0 Å². The van der Waals surface area contributed by atoms with Crippen molar-refractivity contribution in [3.05, 3.63) is 65.8 Å². The number of aromatic nitrogens is 2. The van der Waals surface area contributed by atoms with E-state index >= 15 is 0 Å². The molecule has 1 aromatic carbocycles. The minimum absolute atomic E-state index is 0.121. The zero-order valence-electron chi connectivity index (χ0n) is 21.5. The average molecular weight is 511 g/mol. The zero-order valence-corrected chi connectivity index (χ0v) is 22.3. The molecule has 1 aliphatic carbocycles. The first-order valence-electron chi connectivity index (χ1n) is 12.3. The number of aryl methyl sites for hydroxylation is 1. The largest absolute Gasteiger partial charge is 0.249 e. The Kier molecular flexibility index (Phi) is 9.15. The first-order chi connectivity index (χ1) is 17.1. The molecule has 0 spiro atoms. The van der Waals surface area contributed by atoms with Gasteiger partial charge in [0, 0.05) is 5.57 Å². The quantitative estimate of drug-likeness (QED) is 0.397. The van der Waals surface area contributed by atoms with Gasteiger partial charge in [-0.15, -0.1) is 6.58 Å². The van der Waals surface area contributed by atoms with Gasteiger partial charge in [0.1, 0.15) is 11.6 Å². The van der Waals surface area contributed by atoms with Gasteiger partial charge in [0.05, 0.1) is 30.9 Å². The highest BCUT2D eigenvalue weighted by Gasteiger charge is 2.32. The van der Waals surface area contributed by atoms with E-state index in [2.05, 4.69) is 66.3 Å². The van der Waals surface area contributed by atoms with E-state index in [1.54, 1.807) is 6.08 Å². The molecule has 36 heavy (non-hydrogen) atoms. The average Bonchev–Trinajstić information content (AvgIpc) is 2.96. The summed E-state index contributed by atoms with van der Waals surface area (Å²) >= 11 is 0. The van der Waals surface area contributed by atoms with E-state index in [1.165, 1.54) is 18.0 Å². The van der Waals surface area contributed by atoms with Crippen LogP contribution in [0.3, 0.4) is 0 Å². The van der Waals surface area contributed by atoms with Crippen molar-refractivity contribution in [3.8, 4) is 6.07 Å². The predicted octanol–water partition coefficient (Wildman–Crippen LogP) is 5.97. The molecule has 8 heteroatoms. The van der Waals surface area contributed by atoms with Gasteiger partial charge in [-0.1, -0.05) is 50.6 Å². The van der Waals surface area contributed by atoms with Crippen LogP contribution in [0.5, 0.6) is 0 Å². The third kappa shape index (κ3) is 6.08. The second-order valence-electron chi connectivity index (χ2n) is 9.86. The summed E-state index contributed by atoms with van der Waals surface area (Å²) in [4.78, 5) is 8.77. The van der Waals surface area contributed by atoms with E-state index in [0.29, 0.717) is 36.9 Å². The van der Waals surface area contributed by atoms with Gasteiger partial charge in [0.15, 0.2) is 5.82 Å². The first-order valence-corrected chi connectivity index (χ1v) is 13.8. The highest BCUT2D eigenvalue weighted by Crippen LogP contribution is 2.46. The Morgan fingerprint density at radius 3 is 2.58 bits per heavy atom. The van der Waals surface area contributed by atoms with Crippen LogP contribution in [-0.4, -0.2) is 31.1 Å². The number of sulfonamides is 1. The lowest BCUT2D eigenvalue weighted by atomic mass is 9.77. The van der Waals surface area contributed by atoms with Crippen LogP contribution in [0.4, 0.5) is 4.39 Å². The summed E-state index contributed by atoms with van der Waals surface area (Å²) in [7, 11) is -3.99. The van der Waals surface area contributed by atoms with E-state index in [1.807, 2.05) is 6.92 Å². The van der Waals surface area contributed by atoms with Crippen molar-refractivity contribution in [1.82, 2.24) is 14.7 Å². The molecule has 2 aromatic rings. The lowest BCUT2D eigenvalue weighted by Gasteiger charge is -2.27.